The molecule has 0 bridgehead atoms. The standard InChI is InChI=1S/C30H48ClN5O5/c1-2-3-4-5-6-7-8-9-10-11-12-13-18-23(37)40-19-22-25(38)26(39)29(41-22)36-20-32-24-27(33-21-16-14-15-17-21)34-30(31)35-28(24)36/h20-22,25-26,29,38-39H,2-19H2,1H3,(H,33,34,35)/t22-,25-,26-,29-/m1/s1. The molecule has 1 saturated carbocycles. The molecule has 1 saturated heterocycles. The van der Waals surface area contributed by atoms with Crippen molar-refractivity contribution in [2.24, 2.45) is 0 Å². The van der Waals surface area contributed by atoms with Crippen molar-refractivity contribution >= 4 is 34.6 Å². The molecule has 2 aromatic rings. The monoisotopic (exact) mass is 593 g/mol. The van der Waals surface area contributed by atoms with Crippen LogP contribution in [0.5, 0.6) is 0 Å². The third-order valence-corrected chi connectivity index (χ3v) is 8.51. The summed E-state index contributed by atoms with van der Waals surface area (Å²) in [5.41, 5.74) is 0.912. The fourth-order valence-electron chi connectivity index (χ4n) is 5.89. The van der Waals surface area contributed by atoms with Gasteiger partial charge in [-0.05, 0) is 30.9 Å². The van der Waals surface area contributed by atoms with Gasteiger partial charge in [0.25, 0.3) is 0 Å². The first-order valence-corrected chi connectivity index (χ1v) is 16.2. The van der Waals surface area contributed by atoms with E-state index in [0.29, 0.717) is 29.4 Å². The molecule has 10 nitrogen and oxygen atoms in total. The van der Waals surface area contributed by atoms with Crippen molar-refractivity contribution in [1.82, 2.24) is 19.5 Å². The van der Waals surface area contributed by atoms with E-state index in [0.717, 1.165) is 32.1 Å². The van der Waals surface area contributed by atoms with Gasteiger partial charge in [0.05, 0.1) is 6.33 Å². The van der Waals surface area contributed by atoms with E-state index in [1.807, 2.05) is 0 Å². The summed E-state index contributed by atoms with van der Waals surface area (Å²) < 4.78 is 12.9. The Bertz CT molecular complexity index is 1080. The molecule has 3 N–H and O–H groups in total. The number of rotatable bonds is 18. The molecular weight excluding hydrogens is 546 g/mol. The second-order valence-electron chi connectivity index (χ2n) is 11.7. The highest BCUT2D eigenvalue weighted by Crippen LogP contribution is 2.34. The molecule has 0 amide bonds. The number of anilines is 1. The van der Waals surface area contributed by atoms with E-state index >= 15 is 0 Å². The Kier molecular flexibility index (Phi) is 12.9. The topological polar surface area (TPSA) is 132 Å². The number of halogens is 1. The van der Waals surface area contributed by atoms with Crippen LogP contribution in [0.15, 0.2) is 6.33 Å². The zero-order valence-corrected chi connectivity index (χ0v) is 25.2. The number of aromatic nitrogens is 4. The number of nitrogens with one attached hydrogen (secondary N) is 1. The van der Waals surface area contributed by atoms with E-state index in [2.05, 4.69) is 27.2 Å². The summed E-state index contributed by atoms with van der Waals surface area (Å²) in [7, 11) is 0. The summed E-state index contributed by atoms with van der Waals surface area (Å²) in [6, 6.07) is 0.304. The fourth-order valence-corrected chi connectivity index (χ4v) is 6.06. The van der Waals surface area contributed by atoms with Crippen LogP contribution < -0.4 is 5.32 Å². The Morgan fingerprint density at radius 2 is 1.63 bits per heavy atom. The van der Waals surface area contributed by atoms with Crippen molar-refractivity contribution in [3.8, 4) is 0 Å². The number of carbonyl (C=O) groups excluding carboxylic acids is 1. The second-order valence-corrected chi connectivity index (χ2v) is 12.0. The number of nitrogens with zero attached hydrogens (tertiary/aromatic N) is 4. The van der Waals surface area contributed by atoms with E-state index in [9.17, 15) is 15.0 Å². The summed E-state index contributed by atoms with van der Waals surface area (Å²) >= 11 is 6.22. The number of carbonyl (C=O) groups is 1. The van der Waals surface area contributed by atoms with Gasteiger partial charge in [-0.1, -0.05) is 90.4 Å². The van der Waals surface area contributed by atoms with Gasteiger partial charge in [0.1, 0.15) is 24.9 Å². The van der Waals surface area contributed by atoms with Gasteiger partial charge >= 0.3 is 5.97 Å². The van der Waals surface area contributed by atoms with Crippen LogP contribution in [-0.4, -0.2) is 66.7 Å². The lowest BCUT2D eigenvalue weighted by molar-refractivity contribution is -0.150. The number of hydrogen-bond acceptors (Lipinski definition) is 9. The van der Waals surface area contributed by atoms with Gasteiger partial charge < -0.3 is 25.0 Å². The van der Waals surface area contributed by atoms with Crippen LogP contribution in [0, 0.1) is 0 Å². The van der Waals surface area contributed by atoms with Gasteiger partial charge in [-0.3, -0.25) is 9.36 Å². The molecule has 1 aliphatic carbocycles. The third-order valence-electron chi connectivity index (χ3n) is 8.34. The number of ether oxygens (including phenoxy) is 2. The quantitative estimate of drug-likeness (QED) is 0.107. The predicted molar refractivity (Wildman–Crippen MR) is 159 cm³/mol. The van der Waals surface area contributed by atoms with Gasteiger partial charge in [-0.15, -0.1) is 0 Å². The lowest BCUT2D eigenvalue weighted by Gasteiger charge is -2.17. The number of imidazole rings is 1. The molecule has 11 heteroatoms. The molecule has 4 rings (SSSR count). The molecule has 0 unspecified atom stereocenters. The Labute approximate surface area is 248 Å². The molecule has 2 aliphatic rings. The van der Waals surface area contributed by atoms with E-state index < -0.39 is 24.5 Å². The predicted octanol–water partition coefficient (Wildman–Crippen LogP) is 6.09. The normalized spacial score (nSPS) is 23.0. The molecule has 0 radical (unpaired) electrons. The molecule has 41 heavy (non-hydrogen) atoms. The van der Waals surface area contributed by atoms with Gasteiger partial charge in [0.2, 0.25) is 5.28 Å². The minimum Gasteiger partial charge on any atom is -0.463 e. The maximum Gasteiger partial charge on any atom is 0.305 e. The van der Waals surface area contributed by atoms with Crippen LogP contribution in [0.2, 0.25) is 5.28 Å². The second kappa shape index (κ2) is 16.6. The first-order valence-electron chi connectivity index (χ1n) is 15.8. The van der Waals surface area contributed by atoms with Crippen molar-refractivity contribution in [3.63, 3.8) is 0 Å². The summed E-state index contributed by atoms with van der Waals surface area (Å²) in [4.78, 5) is 25.4. The zero-order chi connectivity index (χ0) is 29.0. The van der Waals surface area contributed by atoms with Gasteiger partial charge in [-0.2, -0.15) is 9.97 Å². The molecule has 1 aliphatic heterocycles. The van der Waals surface area contributed by atoms with E-state index in [1.165, 1.54) is 77.0 Å². The minimum absolute atomic E-state index is 0.0519. The summed E-state index contributed by atoms with van der Waals surface area (Å²) in [5, 5.41) is 24.9. The van der Waals surface area contributed by atoms with Crippen molar-refractivity contribution in [2.45, 2.75) is 147 Å². The Morgan fingerprint density at radius 3 is 2.29 bits per heavy atom. The van der Waals surface area contributed by atoms with Crippen molar-refractivity contribution in [1.29, 1.82) is 0 Å². The smallest absolute Gasteiger partial charge is 0.305 e. The molecule has 2 aromatic heterocycles. The number of aliphatic hydroxyl groups excluding tert-OH is 2. The Balaban J connectivity index is 1.17. The van der Waals surface area contributed by atoms with Crippen molar-refractivity contribution in [2.75, 3.05) is 11.9 Å². The van der Waals surface area contributed by atoms with Crippen molar-refractivity contribution < 1.29 is 24.5 Å². The number of aliphatic hydroxyl groups is 2. The van der Waals surface area contributed by atoms with Crippen LogP contribution in [0.25, 0.3) is 11.2 Å². The number of unbranched alkanes of at least 4 members (excludes halogenated alkanes) is 11. The molecule has 4 atom stereocenters. The van der Waals surface area contributed by atoms with Crippen LogP contribution in [-0.2, 0) is 14.3 Å². The number of esters is 1. The van der Waals surface area contributed by atoms with Crippen LogP contribution >= 0.6 is 11.6 Å². The highest BCUT2D eigenvalue weighted by Gasteiger charge is 2.45. The summed E-state index contributed by atoms with van der Waals surface area (Å²) in [5.74, 6) is 0.225. The minimum atomic E-state index is -1.26. The largest absolute Gasteiger partial charge is 0.463 e. The Hall–Kier alpha value is -2.01. The van der Waals surface area contributed by atoms with Gasteiger partial charge in [0, 0.05) is 12.5 Å². The lowest BCUT2D eigenvalue weighted by Crippen LogP contribution is -2.34. The van der Waals surface area contributed by atoms with E-state index in [4.69, 9.17) is 21.1 Å². The first kappa shape index (κ1) is 31.9. The van der Waals surface area contributed by atoms with Crippen LogP contribution in [0.1, 0.15) is 122 Å². The van der Waals surface area contributed by atoms with E-state index in [1.54, 1.807) is 4.57 Å². The lowest BCUT2D eigenvalue weighted by atomic mass is 10.0. The van der Waals surface area contributed by atoms with Crippen LogP contribution in [0.4, 0.5) is 5.82 Å². The summed E-state index contributed by atoms with van der Waals surface area (Å²) in [6.45, 7) is 2.11. The highest BCUT2D eigenvalue weighted by molar-refractivity contribution is 6.28. The SMILES string of the molecule is CCCCCCCCCCCCCCC(=O)OC[C@H]1O[C@@H](n2cnc3c(NC4CCCC4)nc(Cl)nc32)[C@H](O)[C@@H]1O. The van der Waals surface area contributed by atoms with Gasteiger partial charge in [-0.25, -0.2) is 4.98 Å². The van der Waals surface area contributed by atoms with Gasteiger partial charge in [0.15, 0.2) is 23.2 Å². The maximum absolute atomic E-state index is 12.3. The average molecular weight is 594 g/mol. The third kappa shape index (κ3) is 9.24. The summed E-state index contributed by atoms with van der Waals surface area (Å²) in [6.07, 6.45) is 16.7. The zero-order valence-electron chi connectivity index (χ0n) is 24.5. The average Bonchev–Trinajstić information content (AvgIpc) is 3.69. The molecule has 3 heterocycles. The number of fused-ring (bicyclic) bond motifs is 1. The maximum atomic E-state index is 12.3. The molecular formula is C30H48ClN5O5. The molecule has 230 valence electrons. The Morgan fingerprint density at radius 1 is 1.00 bits per heavy atom. The highest BCUT2D eigenvalue weighted by atomic mass is 35.5. The van der Waals surface area contributed by atoms with E-state index in [-0.39, 0.29) is 17.9 Å². The van der Waals surface area contributed by atoms with Crippen molar-refractivity contribution in [3.05, 3.63) is 11.6 Å². The molecule has 0 spiro atoms. The first-order chi connectivity index (χ1) is 20.0. The number of hydrogen-bond donors (Lipinski definition) is 3. The van der Waals surface area contributed by atoms with Crippen LogP contribution in [0.3, 0.4) is 0 Å². The molecule has 2 fully saturated rings. The molecule has 0 aromatic carbocycles. The fraction of sp³-hybridized carbons (Fsp3) is 0.800.